The van der Waals surface area contributed by atoms with Crippen molar-refractivity contribution >= 4 is 17.2 Å². The fourth-order valence-corrected chi connectivity index (χ4v) is 6.12. The minimum Gasteiger partial charge on any atom is -0.497 e. The molecule has 0 spiro atoms. The Morgan fingerprint density at radius 1 is 0.500 bits per heavy atom. The van der Waals surface area contributed by atoms with Crippen LogP contribution in [0, 0.1) is 0 Å². The van der Waals surface area contributed by atoms with Gasteiger partial charge in [0.2, 0.25) is 0 Å². The second kappa shape index (κ2) is 14.0. The highest BCUT2D eigenvalue weighted by Gasteiger charge is 2.19. The fraction of sp³-hybridized carbons (Fsp3) is 0.324. The average molecular weight is 591 g/mol. The molecule has 0 amide bonds. The number of ether oxygens (including phenoxy) is 2. The number of nitrogens with zero attached hydrogens (tertiary/aromatic N) is 4. The van der Waals surface area contributed by atoms with Crippen LogP contribution in [0.5, 0.6) is 11.5 Å². The standard InChI is InChI=1S/C37H42N4O3/c1-43-35-15-11-33(12-16-35)40-23-19-38(20-24-40)27-29-3-7-31(8-4-29)37(42)32-9-5-30(6-10-32)28-39-21-25-41(26-22-39)34-13-17-36(44-2)18-14-34/h3-18H,19-28H2,1-2H3. The van der Waals surface area contributed by atoms with Crippen molar-refractivity contribution < 1.29 is 14.3 Å². The summed E-state index contributed by atoms with van der Waals surface area (Å²) in [6.07, 6.45) is 0. The van der Waals surface area contributed by atoms with Crippen LogP contribution in [0.25, 0.3) is 0 Å². The van der Waals surface area contributed by atoms with Gasteiger partial charge in [-0.15, -0.1) is 0 Å². The van der Waals surface area contributed by atoms with Crippen LogP contribution in [-0.2, 0) is 13.1 Å². The summed E-state index contributed by atoms with van der Waals surface area (Å²) in [7, 11) is 3.39. The van der Waals surface area contributed by atoms with E-state index < -0.39 is 0 Å². The number of carbonyl (C=O) groups is 1. The molecule has 44 heavy (non-hydrogen) atoms. The molecule has 0 unspecified atom stereocenters. The van der Waals surface area contributed by atoms with E-state index in [1.807, 2.05) is 48.5 Å². The first-order valence-corrected chi connectivity index (χ1v) is 15.5. The zero-order valence-electron chi connectivity index (χ0n) is 25.8. The number of ketones is 1. The van der Waals surface area contributed by atoms with Crippen LogP contribution in [0.4, 0.5) is 11.4 Å². The lowest BCUT2D eigenvalue weighted by Crippen LogP contribution is -2.45. The molecule has 2 heterocycles. The van der Waals surface area contributed by atoms with Crippen LogP contribution in [0.2, 0.25) is 0 Å². The van der Waals surface area contributed by atoms with Crippen molar-refractivity contribution in [1.29, 1.82) is 0 Å². The van der Waals surface area contributed by atoms with Crippen LogP contribution < -0.4 is 19.3 Å². The van der Waals surface area contributed by atoms with Gasteiger partial charge >= 0.3 is 0 Å². The van der Waals surface area contributed by atoms with E-state index >= 15 is 0 Å². The molecule has 2 aliphatic rings. The molecule has 0 bridgehead atoms. The molecule has 2 aliphatic heterocycles. The summed E-state index contributed by atoms with van der Waals surface area (Å²) < 4.78 is 10.6. The molecule has 4 aromatic rings. The average Bonchev–Trinajstić information content (AvgIpc) is 3.09. The first-order chi connectivity index (χ1) is 21.6. The summed E-state index contributed by atoms with van der Waals surface area (Å²) >= 11 is 0. The van der Waals surface area contributed by atoms with Gasteiger partial charge in [0.15, 0.2) is 5.78 Å². The molecule has 228 valence electrons. The van der Waals surface area contributed by atoms with E-state index in [0.29, 0.717) is 0 Å². The van der Waals surface area contributed by atoms with Crippen molar-refractivity contribution in [2.45, 2.75) is 13.1 Å². The summed E-state index contributed by atoms with van der Waals surface area (Å²) in [5.41, 5.74) is 6.43. The maximum Gasteiger partial charge on any atom is 0.193 e. The molecule has 6 rings (SSSR count). The number of benzene rings is 4. The number of methoxy groups -OCH3 is 2. The minimum absolute atomic E-state index is 0.0734. The molecule has 2 saturated heterocycles. The van der Waals surface area contributed by atoms with Crippen molar-refractivity contribution in [2.24, 2.45) is 0 Å². The van der Waals surface area contributed by atoms with E-state index in [2.05, 4.69) is 68.1 Å². The third-order valence-corrected chi connectivity index (χ3v) is 8.86. The molecule has 4 aromatic carbocycles. The number of anilines is 2. The van der Waals surface area contributed by atoms with E-state index in [1.165, 1.54) is 22.5 Å². The normalized spacial score (nSPS) is 16.1. The second-order valence-electron chi connectivity index (χ2n) is 11.6. The van der Waals surface area contributed by atoms with Gasteiger partial charge in [-0.2, -0.15) is 0 Å². The van der Waals surface area contributed by atoms with Crippen LogP contribution in [0.3, 0.4) is 0 Å². The third-order valence-electron chi connectivity index (χ3n) is 8.86. The summed E-state index contributed by atoms with van der Waals surface area (Å²) in [6, 6.07) is 32.9. The number of carbonyl (C=O) groups excluding carboxylic acids is 1. The summed E-state index contributed by atoms with van der Waals surface area (Å²) in [5, 5.41) is 0. The lowest BCUT2D eigenvalue weighted by molar-refractivity contribution is 0.103. The lowest BCUT2D eigenvalue weighted by atomic mass is 10.0. The molecule has 7 nitrogen and oxygen atoms in total. The van der Waals surface area contributed by atoms with Crippen molar-refractivity contribution in [3.8, 4) is 11.5 Å². The first-order valence-electron chi connectivity index (χ1n) is 15.5. The molecule has 0 aliphatic carbocycles. The van der Waals surface area contributed by atoms with Gasteiger partial charge in [0, 0.05) is 87.9 Å². The Morgan fingerprint density at radius 3 is 1.16 bits per heavy atom. The van der Waals surface area contributed by atoms with Crippen molar-refractivity contribution in [1.82, 2.24) is 9.80 Å². The van der Waals surface area contributed by atoms with Gasteiger partial charge < -0.3 is 19.3 Å². The van der Waals surface area contributed by atoms with Crippen LogP contribution in [0.1, 0.15) is 27.0 Å². The Labute approximate surface area is 261 Å². The molecular weight excluding hydrogens is 548 g/mol. The molecule has 0 N–H and O–H groups in total. The van der Waals surface area contributed by atoms with E-state index in [4.69, 9.17) is 9.47 Å². The number of rotatable bonds is 10. The summed E-state index contributed by atoms with van der Waals surface area (Å²) in [6.45, 7) is 9.83. The molecule has 0 atom stereocenters. The zero-order valence-corrected chi connectivity index (χ0v) is 25.8. The lowest BCUT2D eigenvalue weighted by Gasteiger charge is -2.36. The highest BCUT2D eigenvalue weighted by atomic mass is 16.5. The van der Waals surface area contributed by atoms with Gasteiger partial charge in [0.1, 0.15) is 11.5 Å². The van der Waals surface area contributed by atoms with Gasteiger partial charge in [-0.25, -0.2) is 0 Å². The van der Waals surface area contributed by atoms with Gasteiger partial charge in [-0.1, -0.05) is 48.5 Å². The smallest absolute Gasteiger partial charge is 0.193 e. The summed E-state index contributed by atoms with van der Waals surface area (Å²) in [5.74, 6) is 1.85. The Morgan fingerprint density at radius 2 is 0.841 bits per heavy atom. The highest BCUT2D eigenvalue weighted by molar-refractivity contribution is 6.09. The SMILES string of the molecule is COc1ccc(N2CCN(Cc3ccc(C(=O)c4ccc(CN5CCN(c6ccc(OC)cc6)CC5)cc4)cc3)CC2)cc1. The topological polar surface area (TPSA) is 48.5 Å². The Balaban J connectivity index is 0.957. The van der Waals surface area contributed by atoms with Gasteiger partial charge in [-0.3, -0.25) is 14.6 Å². The molecule has 0 saturated carbocycles. The predicted molar refractivity (Wildman–Crippen MR) is 177 cm³/mol. The maximum atomic E-state index is 13.2. The van der Waals surface area contributed by atoms with Crippen molar-refractivity contribution in [3.63, 3.8) is 0 Å². The van der Waals surface area contributed by atoms with Gasteiger partial charge in [0.25, 0.3) is 0 Å². The fourth-order valence-electron chi connectivity index (χ4n) is 6.12. The molecule has 0 radical (unpaired) electrons. The quantitative estimate of drug-likeness (QED) is 0.224. The third kappa shape index (κ3) is 7.24. The van der Waals surface area contributed by atoms with Crippen LogP contribution in [-0.4, -0.2) is 82.2 Å². The van der Waals surface area contributed by atoms with E-state index in [-0.39, 0.29) is 5.78 Å². The monoisotopic (exact) mass is 590 g/mol. The van der Waals surface area contributed by atoms with Crippen LogP contribution >= 0.6 is 0 Å². The van der Waals surface area contributed by atoms with Crippen molar-refractivity contribution in [3.05, 3.63) is 119 Å². The predicted octanol–water partition coefficient (Wildman–Crippen LogP) is 5.58. The maximum absolute atomic E-state index is 13.2. The highest BCUT2D eigenvalue weighted by Crippen LogP contribution is 2.23. The van der Waals surface area contributed by atoms with Crippen LogP contribution in [0.15, 0.2) is 97.1 Å². The molecule has 2 fully saturated rings. The Hall–Kier alpha value is -4.33. The first kappa shape index (κ1) is 29.7. The number of hydrogen-bond acceptors (Lipinski definition) is 7. The largest absolute Gasteiger partial charge is 0.497 e. The molecule has 7 heteroatoms. The zero-order chi connectivity index (χ0) is 30.3. The summed E-state index contributed by atoms with van der Waals surface area (Å²) in [4.78, 5) is 23.0. The Bertz CT molecular complexity index is 1370. The second-order valence-corrected chi connectivity index (χ2v) is 11.6. The minimum atomic E-state index is 0.0734. The van der Waals surface area contributed by atoms with E-state index in [0.717, 1.165) is 88.1 Å². The van der Waals surface area contributed by atoms with Gasteiger partial charge in [0.05, 0.1) is 14.2 Å². The van der Waals surface area contributed by atoms with E-state index in [9.17, 15) is 4.79 Å². The number of hydrogen-bond donors (Lipinski definition) is 0. The van der Waals surface area contributed by atoms with E-state index in [1.54, 1.807) is 14.2 Å². The number of piperazine rings is 2. The van der Waals surface area contributed by atoms with Gasteiger partial charge in [-0.05, 0) is 59.7 Å². The Kier molecular flexibility index (Phi) is 9.44. The molecular formula is C37H42N4O3. The molecule has 0 aromatic heterocycles. The van der Waals surface area contributed by atoms with Crippen molar-refractivity contribution in [2.75, 3.05) is 76.4 Å².